The summed E-state index contributed by atoms with van der Waals surface area (Å²) in [5, 5.41) is 7.21. The Bertz CT molecular complexity index is 1230. The van der Waals surface area contributed by atoms with Crippen molar-refractivity contribution in [3.8, 4) is 11.5 Å². The number of carbonyl (C=O) groups is 1. The number of ether oxygens (including phenoxy) is 2. The first kappa shape index (κ1) is 21.1. The fraction of sp³-hybridized carbons (Fsp3) is 0.250. The molecule has 3 aromatic rings. The molecule has 5 nitrogen and oxygen atoms in total. The first-order valence-electron chi connectivity index (χ1n) is 11.2. The highest BCUT2D eigenvalue weighted by atomic mass is 16.5. The molecule has 0 saturated heterocycles. The zero-order chi connectivity index (χ0) is 22.9. The lowest BCUT2D eigenvalue weighted by atomic mass is 9.78. The van der Waals surface area contributed by atoms with Gasteiger partial charge in [-0.2, -0.15) is 0 Å². The lowest BCUT2D eigenvalue weighted by Gasteiger charge is -2.30. The van der Waals surface area contributed by atoms with Crippen LogP contribution in [0.1, 0.15) is 41.5 Å². The molecular weight excluding hydrogens is 412 g/mol. The van der Waals surface area contributed by atoms with Gasteiger partial charge in [0.15, 0.2) is 5.78 Å². The molecule has 168 valence electrons. The number of ketones is 1. The van der Waals surface area contributed by atoms with Crippen LogP contribution < -0.4 is 20.1 Å². The van der Waals surface area contributed by atoms with E-state index in [2.05, 4.69) is 41.8 Å². The number of carbonyl (C=O) groups excluding carboxylic acids is 1. The molecule has 0 amide bonds. The Morgan fingerprint density at radius 3 is 2.36 bits per heavy atom. The summed E-state index contributed by atoms with van der Waals surface area (Å²) in [6.07, 6.45) is 1.24. The van der Waals surface area contributed by atoms with Crippen LogP contribution >= 0.6 is 0 Å². The molecule has 2 atom stereocenters. The van der Waals surface area contributed by atoms with Gasteiger partial charge >= 0.3 is 0 Å². The summed E-state index contributed by atoms with van der Waals surface area (Å²) < 4.78 is 11.2. The van der Waals surface area contributed by atoms with Crippen LogP contribution in [0, 0.1) is 6.92 Å². The number of fused-ring (bicyclic) bond motifs is 1. The quantitative estimate of drug-likeness (QED) is 0.522. The third-order valence-corrected chi connectivity index (χ3v) is 6.61. The van der Waals surface area contributed by atoms with E-state index in [0.717, 1.165) is 40.4 Å². The van der Waals surface area contributed by atoms with Gasteiger partial charge in [0.2, 0.25) is 0 Å². The largest absolute Gasteiger partial charge is 0.497 e. The molecule has 3 aromatic carbocycles. The van der Waals surface area contributed by atoms with Crippen molar-refractivity contribution < 1.29 is 14.3 Å². The van der Waals surface area contributed by atoms with E-state index in [-0.39, 0.29) is 17.7 Å². The molecule has 33 heavy (non-hydrogen) atoms. The predicted molar refractivity (Wildman–Crippen MR) is 131 cm³/mol. The summed E-state index contributed by atoms with van der Waals surface area (Å²) >= 11 is 0. The topological polar surface area (TPSA) is 59.6 Å². The summed E-state index contributed by atoms with van der Waals surface area (Å²) in [6.45, 7) is 2.08. The first-order chi connectivity index (χ1) is 16.1. The minimum Gasteiger partial charge on any atom is -0.497 e. The number of rotatable bonds is 4. The van der Waals surface area contributed by atoms with Gasteiger partial charge in [-0.15, -0.1) is 0 Å². The van der Waals surface area contributed by atoms with Gasteiger partial charge in [0.05, 0.1) is 31.6 Å². The highest BCUT2D eigenvalue weighted by molar-refractivity contribution is 6.01. The monoisotopic (exact) mass is 440 g/mol. The number of hydrogen-bond donors (Lipinski definition) is 2. The molecule has 0 fully saturated rings. The van der Waals surface area contributed by atoms with E-state index >= 15 is 0 Å². The van der Waals surface area contributed by atoms with E-state index in [1.807, 2.05) is 42.5 Å². The van der Waals surface area contributed by atoms with E-state index < -0.39 is 0 Å². The van der Waals surface area contributed by atoms with Crippen LogP contribution in [0.5, 0.6) is 11.5 Å². The molecule has 0 spiro atoms. The Kier molecular flexibility index (Phi) is 5.55. The second-order valence-electron chi connectivity index (χ2n) is 8.69. The zero-order valence-corrected chi connectivity index (χ0v) is 19.1. The molecule has 0 bridgehead atoms. The van der Waals surface area contributed by atoms with Crippen molar-refractivity contribution in [3.63, 3.8) is 0 Å². The number of hydrogen-bond acceptors (Lipinski definition) is 5. The van der Waals surface area contributed by atoms with Crippen molar-refractivity contribution in [1.82, 2.24) is 0 Å². The number of Topliss-reactive ketones (excluding diaryl/α,β-unsaturated/α-hetero) is 1. The molecule has 5 heteroatoms. The molecule has 0 aromatic heterocycles. The number of benzene rings is 3. The van der Waals surface area contributed by atoms with Gasteiger partial charge in [0, 0.05) is 23.3 Å². The van der Waals surface area contributed by atoms with Gasteiger partial charge in [-0.25, -0.2) is 0 Å². The Morgan fingerprint density at radius 2 is 1.64 bits per heavy atom. The normalized spacial score (nSPS) is 19.5. The average molecular weight is 441 g/mol. The van der Waals surface area contributed by atoms with Crippen LogP contribution in [0.15, 0.2) is 78.0 Å². The number of methoxy groups -OCH3 is 2. The summed E-state index contributed by atoms with van der Waals surface area (Å²) in [4.78, 5) is 13.7. The predicted octanol–water partition coefficient (Wildman–Crippen LogP) is 5.99. The summed E-state index contributed by atoms with van der Waals surface area (Å²) in [7, 11) is 3.30. The molecule has 1 aliphatic carbocycles. The van der Waals surface area contributed by atoms with Gasteiger partial charge in [-0.05, 0) is 55.2 Å². The molecule has 0 radical (unpaired) electrons. The number of anilines is 2. The zero-order valence-electron chi connectivity index (χ0n) is 19.1. The lowest BCUT2D eigenvalue weighted by Crippen LogP contribution is -2.27. The summed E-state index contributed by atoms with van der Waals surface area (Å²) in [5.41, 5.74) is 6.93. The molecule has 2 N–H and O–H groups in total. The molecule has 2 aliphatic rings. The second-order valence-corrected chi connectivity index (χ2v) is 8.69. The van der Waals surface area contributed by atoms with E-state index in [1.165, 1.54) is 11.1 Å². The Balaban J connectivity index is 1.64. The molecule has 5 rings (SSSR count). The van der Waals surface area contributed by atoms with Gasteiger partial charge < -0.3 is 20.1 Å². The highest BCUT2D eigenvalue weighted by Gasteiger charge is 2.37. The molecular formula is C28H28N2O3. The fourth-order valence-corrected chi connectivity index (χ4v) is 4.86. The molecule has 1 aliphatic heterocycles. The van der Waals surface area contributed by atoms with Crippen LogP contribution in [-0.4, -0.2) is 20.0 Å². The standard InChI is InChI=1S/C28H28N2O3/c1-17-8-10-18(11-9-17)19-14-24-27(25(31)15-19)28(30-23-7-5-4-6-22(23)29-24)21-16-20(32-2)12-13-26(21)33-3/h4-13,16,19,28-30H,14-15H2,1-3H3. The second kappa shape index (κ2) is 8.66. The van der Waals surface area contributed by atoms with Crippen molar-refractivity contribution in [3.05, 3.63) is 94.7 Å². The Morgan fingerprint density at radius 1 is 0.879 bits per heavy atom. The van der Waals surface area contributed by atoms with Crippen LogP contribution in [0.4, 0.5) is 11.4 Å². The fourth-order valence-electron chi connectivity index (χ4n) is 4.86. The van der Waals surface area contributed by atoms with Gasteiger partial charge in [-0.1, -0.05) is 42.0 Å². The van der Waals surface area contributed by atoms with Crippen LogP contribution in [0.25, 0.3) is 0 Å². The number of para-hydroxylation sites is 2. The maximum atomic E-state index is 13.7. The summed E-state index contributed by atoms with van der Waals surface area (Å²) in [5.74, 6) is 1.72. The number of aryl methyl sites for hydroxylation is 1. The Labute approximate surface area is 194 Å². The maximum Gasteiger partial charge on any atom is 0.163 e. The Hall–Kier alpha value is -3.73. The van der Waals surface area contributed by atoms with Crippen LogP contribution in [0.2, 0.25) is 0 Å². The number of nitrogens with one attached hydrogen (secondary N) is 2. The van der Waals surface area contributed by atoms with Crippen molar-refractivity contribution in [2.75, 3.05) is 24.9 Å². The van der Waals surface area contributed by atoms with E-state index in [4.69, 9.17) is 9.47 Å². The minimum atomic E-state index is -0.354. The van der Waals surface area contributed by atoms with Crippen LogP contribution in [-0.2, 0) is 4.79 Å². The number of allylic oxidation sites excluding steroid dienone is 1. The molecule has 1 heterocycles. The van der Waals surface area contributed by atoms with Gasteiger partial charge in [0.25, 0.3) is 0 Å². The third kappa shape index (κ3) is 3.95. The van der Waals surface area contributed by atoms with Crippen molar-refractivity contribution in [1.29, 1.82) is 0 Å². The van der Waals surface area contributed by atoms with E-state index in [1.54, 1.807) is 14.2 Å². The first-order valence-corrected chi connectivity index (χ1v) is 11.2. The van der Waals surface area contributed by atoms with Crippen molar-refractivity contribution in [2.24, 2.45) is 0 Å². The van der Waals surface area contributed by atoms with Crippen molar-refractivity contribution >= 4 is 17.2 Å². The highest BCUT2D eigenvalue weighted by Crippen LogP contribution is 2.46. The minimum absolute atomic E-state index is 0.141. The molecule has 2 unspecified atom stereocenters. The van der Waals surface area contributed by atoms with E-state index in [9.17, 15) is 4.79 Å². The lowest BCUT2D eigenvalue weighted by molar-refractivity contribution is -0.116. The van der Waals surface area contributed by atoms with E-state index in [0.29, 0.717) is 12.2 Å². The molecule has 0 saturated carbocycles. The smallest absolute Gasteiger partial charge is 0.163 e. The maximum absolute atomic E-state index is 13.7. The SMILES string of the molecule is COc1ccc(OC)c(C2Nc3ccccc3NC3=C2C(=O)CC(c2ccc(C)cc2)C3)c1. The third-order valence-electron chi connectivity index (χ3n) is 6.61. The van der Waals surface area contributed by atoms with Crippen molar-refractivity contribution in [2.45, 2.75) is 31.7 Å². The summed E-state index contributed by atoms with van der Waals surface area (Å²) in [6, 6.07) is 21.9. The van der Waals surface area contributed by atoms with Gasteiger partial charge in [0.1, 0.15) is 11.5 Å². The average Bonchev–Trinajstić information content (AvgIpc) is 3.01. The van der Waals surface area contributed by atoms with Crippen LogP contribution in [0.3, 0.4) is 0 Å². The van der Waals surface area contributed by atoms with Gasteiger partial charge in [-0.3, -0.25) is 4.79 Å².